The zero-order valence-electron chi connectivity index (χ0n) is 16.2. The second kappa shape index (κ2) is 10.3. The molecule has 152 valence electrons. The summed E-state index contributed by atoms with van der Waals surface area (Å²) in [6.45, 7) is 5.16. The van der Waals surface area contributed by atoms with E-state index in [2.05, 4.69) is 15.1 Å². The number of rotatable bonds is 6. The SMILES string of the molecule is N#CCC(=O)NC1CCC(CCN2CCN(c3cccc(Cl)c3Cl)CC2)CC1. The molecule has 0 bridgehead atoms. The second-order valence-electron chi connectivity index (χ2n) is 7.81. The highest BCUT2D eigenvalue weighted by atomic mass is 35.5. The van der Waals surface area contributed by atoms with Gasteiger partial charge in [-0.15, -0.1) is 0 Å². The number of nitrogens with zero attached hydrogens (tertiary/aromatic N) is 3. The number of piperazine rings is 1. The van der Waals surface area contributed by atoms with Crippen LogP contribution in [0.4, 0.5) is 5.69 Å². The van der Waals surface area contributed by atoms with Crippen LogP contribution in [-0.4, -0.2) is 49.6 Å². The zero-order valence-corrected chi connectivity index (χ0v) is 17.7. The van der Waals surface area contributed by atoms with Gasteiger partial charge in [-0.2, -0.15) is 5.26 Å². The highest BCUT2D eigenvalue weighted by Gasteiger charge is 2.24. The molecule has 1 aromatic carbocycles. The van der Waals surface area contributed by atoms with Crippen molar-refractivity contribution in [2.75, 3.05) is 37.6 Å². The van der Waals surface area contributed by atoms with E-state index in [0.717, 1.165) is 70.0 Å². The third kappa shape index (κ3) is 5.76. The van der Waals surface area contributed by atoms with Gasteiger partial charge in [-0.3, -0.25) is 9.69 Å². The summed E-state index contributed by atoms with van der Waals surface area (Å²) >= 11 is 12.5. The normalized spacial score (nSPS) is 23.2. The van der Waals surface area contributed by atoms with E-state index in [0.29, 0.717) is 10.0 Å². The van der Waals surface area contributed by atoms with Gasteiger partial charge in [-0.05, 0) is 56.7 Å². The number of amides is 1. The molecule has 1 N–H and O–H groups in total. The number of benzene rings is 1. The summed E-state index contributed by atoms with van der Waals surface area (Å²) in [5.41, 5.74) is 1.03. The predicted octanol–water partition coefficient (Wildman–Crippen LogP) is 4.09. The van der Waals surface area contributed by atoms with E-state index in [4.69, 9.17) is 28.5 Å². The van der Waals surface area contributed by atoms with Crippen molar-refractivity contribution >= 4 is 34.8 Å². The molecule has 0 atom stereocenters. The molecule has 1 aliphatic carbocycles. The molecule has 5 nitrogen and oxygen atoms in total. The molecule has 3 rings (SSSR count). The van der Waals surface area contributed by atoms with Crippen molar-refractivity contribution in [3.05, 3.63) is 28.2 Å². The first-order valence-corrected chi connectivity index (χ1v) is 10.9. The van der Waals surface area contributed by atoms with Gasteiger partial charge in [0.2, 0.25) is 5.91 Å². The number of hydrogen-bond donors (Lipinski definition) is 1. The quantitative estimate of drug-likeness (QED) is 0.749. The van der Waals surface area contributed by atoms with E-state index < -0.39 is 0 Å². The van der Waals surface area contributed by atoms with E-state index in [9.17, 15) is 4.79 Å². The lowest BCUT2D eigenvalue weighted by Crippen LogP contribution is -2.47. The number of carbonyl (C=O) groups is 1. The van der Waals surface area contributed by atoms with Crippen LogP contribution >= 0.6 is 23.2 Å². The van der Waals surface area contributed by atoms with Gasteiger partial charge >= 0.3 is 0 Å². The molecule has 1 amide bonds. The summed E-state index contributed by atoms with van der Waals surface area (Å²) in [4.78, 5) is 16.4. The van der Waals surface area contributed by atoms with Crippen LogP contribution in [-0.2, 0) is 4.79 Å². The van der Waals surface area contributed by atoms with Crippen LogP contribution in [0.25, 0.3) is 0 Å². The molecule has 0 radical (unpaired) electrons. The van der Waals surface area contributed by atoms with Gasteiger partial charge in [-0.1, -0.05) is 29.3 Å². The predicted molar refractivity (Wildman–Crippen MR) is 114 cm³/mol. The largest absolute Gasteiger partial charge is 0.368 e. The number of carbonyl (C=O) groups excluding carboxylic acids is 1. The molecule has 7 heteroatoms. The Hall–Kier alpha value is -1.48. The highest BCUT2D eigenvalue weighted by molar-refractivity contribution is 6.43. The van der Waals surface area contributed by atoms with E-state index in [1.54, 1.807) is 0 Å². The van der Waals surface area contributed by atoms with Crippen molar-refractivity contribution in [1.82, 2.24) is 10.2 Å². The molecule has 0 aromatic heterocycles. The van der Waals surface area contributed by atoms with Crippen LogP contribution in [0, 0.1) is 17.2 Å². The van der Waals surface area contributed by atoms with Crippen molar-refractivity contribution < 1.29 is 4.79 Å². The van der Waals surface area contributed by atoms with Gasteiger partial charge in [0.15, 0.2) is 0 Å². The third-order valence-electron chi connectivity index (χ3n) is 5.95. The lowest BCUT2D eigenvalue weighted by molar-refractivity contribution is -0.121. The molecule has 0 spiro atoms. The Kier molecular flexibility index (Phi) is 7.84. The minimum atomic E-state index is -0.136. The molecule has 1 saturated carbocycles. The molecule has 1 heterocycles. The van der Waals surface area contributed by atoms with Crippen LogP contribution in [0.5, 0.6) is 0 Å². The van der Waals surface area contributed by atoms with Crippen molar-refractivity contribution in [1.29, 1.82) is 5.26 Å². The summed E-state index contributed by atoms with van der Waals surface area (Å²) in [5.74, 6) is 0.605. The van der Waals surface area contributed by atoms with E-state index in [1.165, 1.54) is 6.42 Å². The number of hydrogen-bond acceptors (Lipinski definition) is 4. The fourth-order valence-corrected chi connectivity index (χ4v) is 4.68. The number of halogens is 2. The molecule has 1 aliphatic heterocycles. The van der Waals surface area contributed by atoms with E-state index >= 15 is 0 Å². The molecule has 28 heavy (non-hydrogen) atoms. The molecule has 2 fully saturated rings. The monoisotopic (exact) mass is 422 g/mol. The number of nitrogens with one attached hydrogen (secondary N) is 1. The lowest BCUT2D eigenvalue weighted by Gasteiger charge is -2.37. The number of anilines is 1. The maximum Gasteiger partial charge on any atom is 0.234 e. The standard InChI is InChI=1S/C21H28Cl2N4O/c22-18-2-1-3-19(21(18)23)27-14-12-26(13-15-27)11-9-16-4-6-17(7-5-16)25-20(28)8-10-24/h1-3,16-17H,4-9,11-15H2,(H,25,28). The smallest absolute Gasteiger partial charge is 0.234 e. The Labute approximate surface area is 177 Å². The lowest BCUT2D eigenvalue weighted by atomic mass is 9.84. The van der Waals surface area contributed by atoms with Gasteiger partial charge < -0.3 is 10.2 Å². The fraction of sp³-hybridized carbons (Fsp3) is 0.619. The third-order valence-corrected chi connectivity index (χ3v) is 6.76. The van der Waals surface area contributed by atoms with Crippen molar-refractivity contribution in [2.24, 2.45) is 5.92 Å². The molecule has 1 aromatic rings. The molecule has 2 aliphatic rings. The second-order valence-corrected chi connectivity index (χ2v) is 8.60. The van der Waals surface area contributed by atoms with E-state index in [-0.39, 0.29) is 18.4 Å². The van der Waals surface area contributed by atoms with Crippen molar-refractivity contribution in [3.8, 4) is 6.07 Å². The van der Waals surface area contributed by atoms with Gasteiger partial charge in [0, 0.05) is 32.2 Å². The highest BCUT2D eigenvalue weighted by Crippen LogP contribution is 2.33. The van der Waals surface area contributed by atoms with Crippen molar-refractivity contribution in [3.63, 3.8) is 0 Å². The van der Waals surface area contributed by atoms with Gasteiger partial charge in [0.05, 0.1) is 21.8 Å². The summed E-state index contributed by atoms with van der Waals surface area (Å²) in [6, 6.07) is 7.98. The fourth-order valence-electron chi connectivity index (χ4n) is 4.26. The average Bonchev–Trinajstić information content (AvgIpc) is 2.70. The molecule has 1 saturated heterocycles. The van der Waals surface area contributed by atoms with Crippen LogP contribution in [0.2, 0.25) is 10.0 Å². The Morgan fingerprint density at radius 2 is 1.86 bits per heavy atom. The molecule has 0 unspecified atom stereocenters. The Morgan fingerprint density at radius 1 is 1.14 bits per heavy atom. The first-order valence-electron chi connectivity index (χ1n) is 10.1. The Morgan fingerprint density at radius 3 is 2.54 bits per heavy atom. The zero-order chi connectivity index (χ0) is 19.9. The first kappa shape index (κ1) is 21.2. The summed E-state index contributed by atoms with van der Waals surface area (Å²) in [5, 5.41) is 12.8. The van der Waals surface area contributed by atoms with Gasteiger partial charge in [0.1, 0.15) is 6.42 Å². The van der Waals surface area contributed by atoms with Crippen molar-refractivity contribution in [2.45, 2.75) is 44.6 Å². The minimum Gasteiger partial charge on any atom is -0.368 e. The molecular formula is C21H28Cl2N4O. The number of nitriles is 1. The maximum atomic E-state index is 11.5. The van der Waals surface area contributed by atoms with E-state index in [1.807, 2.05) is 24.3 Å². The minimum absolute atomic E-state index is 0.0354. The Balaban J connectivity index is 1.36. The van der Waals surface area contributed by atoms with Crippen LogP contribution < -0.4 is 10.2 Å². The first-order chi connectivity index (χ1) is 13.6. The van der Waals surface area contributed by atoms with Crippen LogP contribution in [0.3, 0.4) is 0 Å². The summed E-state index contributed by atoms with van der Waals surface area (Å²) in [7, 11) is 0. The maximum absolute atomic E-state index is 11.5. The van der Waals surface area contributed by atoms with Crippen LogP contribution in [0.15, 0.2) is 18.2 Å². The topological polar surface area (TPSA) is 59.4 Å². The Bertz CT molecular complexity index is 705. The summed E-state index contributed by atoms with van der Waals surface area (Å²) in [6.07, 6.45) is 5.57. The molecular weight excluding hydrogens is 395 g/mol. The summed E-state index contributed by atoms with van der Waals surface area (Å²) < 4.78 is 0. The van der Waals surface area contributed by atoms with Crippen LogP contribution in [0.1, 0.15) is 38.5 Å². The van der Waals surface area contributed by atoms with Gasteiger partial charge in [0.25, 0.3) is 0 Å². The average molecular weight is 423 g/mol. The van der Waals surface area contributed by atoms with Gasteiger partial charge in [-0.25, -0.2) is 0 Å².